The Kier molecular flexibility index (Phi) is 17.6. The molecule has 0 aliphatic rings. The van der Waals surface area contributed by atoms with Crippen molar-refractivity contribution in [2.75, 3.05) is 53.1 Å². The van der Waals surface area contributed by atoms with Gasteiger partial charge in [0.15, 0.2) is 5.96 Å². The van der Waals surface area contributed by atoms with E-state index in [-0.39, 0.29) is 24.0 Å². The normalized spacial score (nSPS) is 11.5. The molecule has 0 radical (unpaired) electrons. The minimum Gasteiger partial charge on any atom is -0.444 e. The molecule has 3 N–H and O–H groups in total. The summed E-state index contributed by atoms with van der Waals surface area (Å²) in [6.45, 7) is 11.8. The molecule has 150 valence electrons. The van der Waals surface area contributed by atoms with Gasteiger partial charge in [0.25, 0.3) is 0 Å². The van der Waals surface area contributed by atoms with Crippen molar-refractivity contribution in [3.63, 3.8) is 0 Å². The summed E-state index contributed by atoms with van der Waals surface area (Å²) < 4.78 is 15.5. The number of amides is 1. The molecule has 0 fully saturated rings. The first kappa shape index (κ1) is 26.4. The summed E-state index contributed by atoms with van der Waals surface area (Å²) >= 11 is 0. The second-order valence-electron chi connectivity index (χ2n) is 6.07. The van der Waals surface area contributed by atoms with E-state index in [0.29, 0.717) is 39.5 Å². The molecule has 0 rings (SSSR count). The average Bonchev–Trinajstić information content (AvgIpc) is 2.48. The predicted octanol–water partition coefficient (Wildman–Crippen LogP) is 1.74. The van der Waals surface area contributed by atoms with Crippen LogP contribution in [0.15, 0.2) is 4.99 Å². The Balaban J connectivity index is 0. The zero-order valence-electron chi connectivity index (χ0n) is 16.1. The number of aliphatic imine (C=N–C) groups is 1. The molecule has 0 aromatic heterocycles. The lowest BCUT2D eigenvalue weighted by Gasteiger charge is -2.19. The van der Waals surface area contributed by atoms with Crippen LogP contribution in [-0.2, 0) is 14.2 Å². The molecule has 1 amide bonds. The van der Waals surface area contributed by atoms with E-state index in [4.69, 9.17) is 14.2 Å². The van der Waals surface area contributed by atoms with Crippen molar-refractivity contribution in [3.8, 4) is 0 Å². The van der Waals surface area contributed by atoms with Gasteiger partial charge in [-0.1, -0.05) is 0 Å². The van der Waals surface area contributed by atoms with Crippen LogP contribution in [-0.4, -0.2) is 70.8 Å². The number of hydrogen-bond acceptors (Lipinski definition) is 5. The van der Waals surface area contributed by atoms with E-state index in [2.05, 4.69) is 20.9 Å². The van der Waals surface area contributed by atoms with E-state index < -0.39 is 11.7 Å². The Morgan fingerprint density at radius 1 is 1.04 bits per heavy atom. The molecule has 0 unspecified atom stereocenters. The lowest BCUT2D eigenvalue weighted by molar-refractivity contribution is 0.0529. The first-order chi connectivity index (χ1) is 11.4. The van der Waals surface area contributed by atoms with E-state index in [1.54, 1.807) is 7.11 Å². The van der Waals surface area contributed by atoms with Crippen molar-refractivity contribution in [2.24, 2.45) is 4.99 Å². The van der Waals surface area contributed by atoms with Crippen LogP contribution in [0.2, 0.25) is 0 Å². The van der Waals surface area contributed by atoms with Gasteiger partial charge >= 0.3 is 6.09 Å². The molecule has 0 aliphatic heterocycles. The summed E-state index contributed by atoms with van der Waals surface area (Å²) in [5.41, 5.74) is -0.487. The van der Waals surface area contributed by atoms with E-state index in [9.17, 15) is 4.79 Å². The number of methoxy groups -OCH3 is 1. The predicted molar refractivity (Wildman–Crippen MR) is 111 cm³/mol. The minimum absolute atomic E-state index is 0. The summed E-state index contributed by atoms with van der Waals surface area (Å²) in [5, 5.41) is 9.01. The largest absolute Gasteiger partial charge is 0.444 e. The Morgan fingerprint density at radius 2 is 1.72 bits per heavy atom. The molecule has 8 nitrogen and oxygen atoms in total. The van der Waals surface area contributed by atoms with Crippen molar-refractivity contribution >= 4 is 36.0 Å². The number of alkyl carbamates (subject to hydrolysis) is 1. The molecule has 9 heteroatoms. The number of carbonyl (C=O) groups is 1. The topological polar surface area (TPSA) is 93.2 Å². The molecular formula is C16H35IN4O4. The van der Waals surface area contributed by atoms with Crippen molar-refractivity contribution in [1.29, 1.82) is 0 Å². The van der Waals surface area contributed by atoms with E-state index >= 15 is 0 Å². The SMILES string of the molecule is CCNC(=NCCCOCCOC)NCCNC(=O)OC(C)(C)C.I. The molecule has 25 heavy (non-hydrogen) atoms. The maximum absolute atomic E-state index is 11.5. The van der Waals surface area contributed by atoms with Crippen LogP contribution in [0.25, 0.3) is 0 Å². The first-order valence-electron chi connectivity index (χ1n) is 8.44. The van der Waals surface area contributed by atoms with Gasteiger partial charge in [-0.2, -0.15) is 0 Å². The molecular weight excluding hydrogens is 439 g/mol. The number of carbonyl (C=O) groups excluding carboxylic acids is 1. The van der Waals surface area contributed by atoms with Crippen LogP contribution in [0.1, 0.15) is 34.1 Å². The van der Waals surface area contributed by atoms with Crippen LogP contribution in [0.3, 0.4) is 0 Å². The highest BCUT2D eigenvalue weighted by Gasteiger charge is 2.15. The van der Waals surface area contributed by atoms with Crippen molar-refractivity contribution in [1.82, 2.24) is 16.0 Å². The number of guanidine groups is 1. The van der Waals surface area contributed by atoms with Gasteiger partial charge in [-0.05, 0) is 34.1 Å². The number of ether oxygens (including phenoxy) is 3. The molecule has 0 saturated heterocycles. The second kappa shape index (κ2) is 16.6. The Labute approximate surface area is 168 Å². The van der Waals surface area contributed by atoms with Crippen LogP contribution < -0.4 is 16.0 Å². The summed E-state index contributed by atoms with van der Waals surface area (Å²) in [6, 6.07) is 0. The van der Waals surface area contributed by atoms with Crippen LogP contribution in [0.4, 0.5) is 4.79 Å². The maximum atomic E-state index is 11.5. The standard InChI is InChI=1S/C16H34N4O4.HI/c1-6-17-14(18-8-7-11-23-13-12-22-5)19-9-10-20-15(21)24-16(2,3)4;/h6-13H2,1-5H3,(H,20,21)(H2,17,18,19);1H. The number of hydrogen-bond donors (Lipinski definition) is 3. The quantitative estimate of drug-likeness (QED) is 0.183. The maximum Gasteiger partial charge on any atom is 0.407 e. The summed E-state index contributed by atoms with van der Waals surface area (Å²) in [6.07, 6.45) is 0.427. The van der Waals surface area contributed by atoms with Gasteiger partial charge < -0.3 is 30.2 Å². The van der Waals surface area contributed by atoms with E-state index in [1.165, 1.54) is 0 Å². The van der Waals surface area contributed by atoms with E-state index in [0.717, 1.165) is 18.9 Å². The van der Waals surface area contributed by atoms with Gasteiger partial charge in [0.05, 0.1) is 13.2 Å². The molecule has 0 atom stereocenters. The summed E-state index contributed by atoms with van der Waals surface area (Å²) in [5.74, 6) is 0.723. The molecule has 0 bridgehead atoms. The average molecular weight is 474 g/mol. The zero-order valence-corrected chi connectivity index (χ0v) is 18.5. The van der Waals surface area contributed by atoms with E-state index in [1.807, 2.05) is 27.7 Å². The summed E-state index contributed by atoms with van der Waals surface area (Å²) in [4.78, 5) is 16.0. The zero-order chi connectivity index (χ0) is 18.3. The molecule has 0 aromatic rings. The highest BCUT2D eigenvalue weighted by atomic mass is 127. The molecule has 0 aliphatic carbocycles. The van der Waals surface area contributed by atoms with Crippen molar-refractivity contribution < 1.29 is 19.0 Å². The van der Waals surface area contributed by atoms with Crippen LogP contribution in [0.5, 0.6) is 0 Å². The van der Waals surface area contributed by atoms with Gasteiger partial charge in [-0.15, -0.1) is 24.0 Å². The first-order valence-corrected chi connectivity index (χ1v) is 8.44. The molecule has 0 aromatic carbocycles. The van der Waals surface area contributed by atoms with Crippen LogP contribution in [0, 0.1) is 0 Å². The molecule has 0 heterocycles. The molecule has 0 spiro atoms. The van der Waals surface area contributed by atoms with Crippen molar-refractivity contribution in [2.45, 2.75) is 39.7 Å². The minimum atomic E-state index is -0.487. The lowest BCUT2D eigenvalue weighted by Crippen LogP contribution is -2.42. The fraction of sp³-hybridized carbons (Fsp3) is 0.875. The lowest BCUT2D eigenvalue weighted by atomic mass is 10.2. The van der Waals surface area contributed by atoms with Gasteiger partial charge in [0.2, 0.25) is 0 Å². The Hall–Kier alpha value is -0.810. The third kappa shape index (κ3) is 19.4. The highest BCUT2D eigenvalue weighted by molar-refractivity contribution is 14.0. The van der Waals surface area contributed by atoms with Crippen molar-refractivity contribution in [3.05, 3.63) is 0 Å². The number of halogens is 1. The van der Waals surface area contributed by atoms with Gasteiger partial charge in [0.1, 0.15) is 5.60 Å². The Morgan fingerprint density at radius 3 is 2.32 bits per heavy atom. The second-order valence-corrected chi connectivity index (χ2v) is 6.07. The van der Waals surface area contributed by atoms with Gasteiger partial charge in [-0.3, -0.25) is 4.99 Å². The van der Waals surface area contributed by atoms with Gasteiger partial charge in [-0.25, -0.2) is 4.79 Å². The number of nitrogens with zero attached hydrogens (tertiary/aromatic N) is 1. The number of rotatable bonds is 11. The van der Waals surface area contributed by atoms with Gasteiger partial charge in [0, 0.05) is 39.9 Å². The number of nitrogens with one attached hydrogen (secondary N) is 3. The fourth-order valence-electron chi connectivity index (χ4n) is 1.60. The molecule has 0 saturated carbocycles. The summed E-state index contributed by atoms with van der Waals surface area (Å²) in [7, 11) is 1.65. The third-order valence-electron chi connectivity index (χ3n) is 2.58. The Bertz CT molecular complexity index is 363. The highest BCUT2D eigenvalue weighted by Crippen LogP contribution is 2.05. The fourth-order valence-corrected chi connectivity index (χ4v) is 1.60. The monoisotopic (exact) mass is 474 g/mol. The third-order valence-corrected chi connectivity index (χ3v) is 2.58. The smallest absolute Gasteiger partial charge is 0.407 e. The van der Waals surface area contributed by atoms with Crippen LogP contribution >= 0.6 is 24.0 Å².